The van der Waals surface area contributed by atoms with Crippen molar-refractivity contribution in [3.05, 3.63) is 97.1 Å². The number of rotatable bonds is 16. The largest absolute Gasteiger partial charge is 0.463 e. The number of carbonyl (C=O) groups is 3. The van der Waals surface area contributed by atoms with Gasteiger partial charge in [0.25, 0.3) is 0 Å². The maximum absolute atomic E-state index is 13.2. The zero-order chi connectivity index (χ0) is 27.0. The van der Waals surface area contributed by atoms with Crippen molar-refractivity contribution in [3.63, 3.8) is 0 Å². The molecule has 2 rings (SSSR count). The summed E-state index contributed by atoms with van der Waals surface area (Å²) in [6, 6.07) is 18.0. The van der Waals surface area contributed by atoms with Crippen molar-refractivity contribution in [3.8, 4) is 0 Å². The lowest BCUT2D eigenvalue weighted by atomic mass is 9.96. The number of carbonyl (C=O) groups excluding carboxylic acids is 3. The summed E-state index contributed by atoms with van der Waals surface area (Å²) >= 11 is 0. The molecular formula is C30H38N2O5. The molecule has 37 heavy (non-hydrogen) atoms. The number of aliphatic hydroxyl groups excluding tert-OH is 1. The summed E-state index contributed by atoms with van der Waals surface area (Å²) < 4.78 is 5.71. The molecule has 0 aromatic heterocycles. The molecule has 3 N–H and O–H groups in total. The molecule has 0 fully saturated rings. The van der Waals surface area contributed by atoms with Gasteiger partial charge in [0.15, 0.2) is 0 Å². The molecule has 0 heterocycles. The summed E-state index contributed by atoms with van der Waals surface area (Å²) in [7, 11) is 0. The Bertz CT molecular complexity index is 1010. The normalized spacial score (nSPS) is 13.9. The zero-order valence-corrected chi connectivity index (χ0v) is 21.5. The first-order valence-electron chi connectivity index (χ1n) is 12.6. The van der Waals surface area contributed by atoms with E-state index in [1.165, 1.54) is 0 Å². The van der Waals surface area contributed by atoms with Gasteiger partial charge in [-0.1, -0.05) is 72.8 Å². The minimum atomic E-state index is -0.656. The molecule has 0 aliphatic carbocycles. The molecule has 0 aliphatic heterocycles. The van der Waals surface area contributed by atoms with E-state index in [-0.39, 0.29) is 37.4 Å². The third-order valence-electron chi connectivity index (χ3n) is 5.96. The molecule has 0 saturated carbocycles. The fourth-order valence-corrected chi connectivity index (χ4v) is 3.93. The van der Waals surface area contributed by atoms with Crippen LogP contribution in [0.3, 0.4) is 0 Å². The van der Waals surface area contributed by atoms with Gasteiger partial charge in [-0.2, -0.15) is 0 Å². The molecule has 0 unspecified atom stereocenters. The lowest BCUT2D eigenvalue weighted by Gasteiger charge is -2.24. The van der Waals surface area contributed by atoms with Crippen molar-refractivity contribution >= 4 is 17.8 Å². The van der Waals surface area contributed by atoms with Gasteiger partial charge in [0.05, 0.1) is 24.5 Å². The molecule has 0 saturated heterocycles. The molecule has 198 valence electrons. The highest BCUT2D eigenvalue weighted by molar-refractivity contribution is 5.86. The molecule has 0 bridgehead atoms. The van der Waals surface area contributed by atoms with Crippen LogP contribution >= 0.6 is 0 Å². The van der Waals surface area contributed by atoms with Crippen molar-refractivity contribution in [2.24, 2.45) is 11.8 Å². The first-order valence-corrected chi connectivity index (χ1v) is 12.6. The van der Waals surface area contributed by atoms with E-state index in [1.54, 1.807) is 19.1 Å². The van der Waals surface area contributed by atoms with Crippen LogP contribution in [0.1, 0.15) is 43.4 Å². The molecular weight excluding hydrogens is 468 g/mol. The van der Waals surface area contributed by atoms with Crippen molar-refractivity contribution in [1.82, 2.24) is 10.6 Å². The third-order valence-corrected chi connectivity index (χ3v) is 5.96. The maximum atomic E-state index is 13.2. The second-order valence-corrected chi connectivity index (χ2v) is 9.09. The van der Waals surface area contributed by atoms with Crippen LogP contribution in [0.4, 0.5) is 0 Å². The van der Waals surface area contributed by atoms with E-state index in [0.717, 1.165) is 11.1 Å². The molecule has 7 nitrogen and oxygen atoms in total. The number of hydrogen-bond donors (Lipinski definition) is 3. The summed E-state index contributed by atoms with van der Waals surface area (Å²) in [6.07, 6.45) is 4.53. The Labute approximate surface area is 219 Å². The number of esters is 1. The fourth-order valence-electron chi connectivity index (χ4n) is 3.93. The standard InChI is InChI=1S/C30H38N2O5/c1-4-12-25(19-28(34)31-22(3)20-33)29(35)32-27(24-16-10-7-11-17-24)21-37-30(36)26(13-5-2)18-23-14-8-6-9-15-23/h4-11,14-17,22,25-27,33H,1-2,12-13,18-21H2,3H3,(H,31,34)(H,32,35)/t22-,25+,26-,27-/m0/s1. The number of hydrogen-bond acceptors (Lipinski definition) is 5. The molecule has 0 radical (unpaired) electrons. The summed E-state index contributed by atoms with van der Waals surface area (Å²) in [5, 5.41) is 14.8. The van der Waals surface area contributed by atoms with Crippen molar-refractivity contribution in [1.29, 1.82) is 0 Å². The summed E-state index contributed by atoms with van der Waals surface area (Å²) in [4.78, 5) is 38.5. The van der Waals surface area contributed by atoms with Crippen molar-refractivity contribution < 1.29 is 24.2 Å². The second kappa shape index (κ2) is 16.1. The van der Waals surface area contributed by atoms with E-state index in [4.69, 9.17) is 4.74 Å². The highest BCUT2D eigenvalue weighted by Gasteiger charge is 2.26. The lowest BCUT2D eigenvalue weighted by molar-refractivity contribution is -0.150. The van der Waals surface area contributed by atoms with Crippen LogP contribution in [0, 0.1) is 11.8 Å². The van der Waals surface area contributed by atoms with Gasteiger partial charge in [0.2, 0.25) is 11.8 Å². The molecule has 2 amide bonds. The first-order chi connectivity index (χ1) is 17.9. The van der Waals surface area contributed by atoms with Gasteiger partial charge >= 0.3 is 5.97 Å². The molecule has 0 aliphatic rings. The minimum Gasteiger partial charge on any atom is -0.463 e. The Kier molecular flexibility index (Phi) is 12.9. The molecule has 2 aromatic carbocycles. The molecule has 0 spiro atoms. The van der Waals surface area contributed by atoms with Crippen LogP contribution in [0.25, 0.3) is 0 Å². The SMILES string of the molecule is C=CC[C@H](CC(=O)N[C@@H](C)CO)C(=O)N[C@@H](COC(=O)[C@@H](CC=C)Cc1ccccc1)c1ccccc1. The topological polar surface area (TPSA) is 105 Å². The first kappa shape index (κ1) is 29.5. The van der Waals surface area contributed by atoms with Gasteiger partial charge in [-0.3, -0.25) is 14.4 Å². The summed E-state index contributed by atoms with van der Waals surface area (Å²) in [5.74, 6) is -2.09. The summed E-state index contributed by atoms with van der Waals surface area (Å²) in [6.45, 7) is 8.91. The van der Waals surface area contributed by atoms with Crippen LogP contribution in [-0.4, -0.2) is 42.1 Å². The number of ether oxygens (including phenoxy) is 1. The highest BCUT2D eigenvalue weighted by atomic mass is 16.5. The van der Waals surface area contributed by atoms with Crippen LogP contribution in [0.2, 0.25) is 0 Å². The number of aliphatic hydroxyl groups is 1. The van der Waals surface area contributed by atoms with Crippen molar-refractivity contribution in [2.75, 3.05) is 13.2 Å². The van der Waals surface area contributed by atoms with Gasteiger partial charge in [0.1, 0.15) is 6.61 Å². The van der Waals surface area contributed by atoms with Gasteiger partial charge in [-0.15, -0.1) is 13.2 Å². The Hall–Kier alpha value is -3.71. The number of allylic oxidation sites excluding steroid dienone is 2. The quantitative estimate of drug-likeness (QED) is 0.237. The number of amides is 2. The predicted molar refractivity (Wildman–Crippen MR) is 144 cm³/mol. The minimum absolute atomic E-state index is 0.0500. The van der Waals surface area contributed by atoms with Crippen LogP contribution in [0.5, 0.6) is 0 Å². The number of benzene rings is 2. The van der Waals surface area contributed by atoms with Gasteiger partial charge in [0, 0.05) is 12.5 Å². The van der Waals surface area contributed by atoms with E-state index < -0.39 is 23.9 Å². The average Bonchev–Trinajstić information content (AvgIpc) is 2.91. The zero-order valence-electron chi connectivity index (χ0n) is 21.5. The van der Waals surface area contributed by atoms with Gasteiger partial charge < -0.3 is 20.5 Å². The van der Waals surface area contributed by atoms with Crippen LogP contribution in [0.15, 0.2) is 86.0 Å². The Morgan fingerprint density at radius 1 is 0.919 bits per heavy atom. The Morgan fingerprint density at radius 2 is 1.51 bits per heavy atom. The van der Waals surface area contributed by atoms with Crippen LogP contribution < -0.4 is 10.6 Å². The predicted octanol–water partition coefficient (Wildman–Crippen LogP) is 3.90. The smallest absolute Gasteiger partial charge is 0.309 e. The molecule has 2 aromatic rings. The molecule has 4 atom stereocenters. The average molecular weight is 507 g/mol. The van der Waals surface area contributed by atoms with Gasteiger partial charge in [-0.25, -0.2) is 0 Å². The highest BCUT2D eigenvalue weighted by Crippen LogP contribution is 2.20. The third kappa shape index (κ3) is 10.4. The number of nitrogens with one attached hydrogen (secondary N) is 2. The van der Waals surface area contributed by atoms with Crippen molar-refractivity contribution in [2.45, 2.75) is 44.7 Å². The lowest BCUT2D eigenvalue weighted by Crippen LogP contribution is -2.41. The maximum Gasteiger partial charge on any atom is 0.309 e. The monoisotopic (exact) mass is 506 g/mol. The van der Waals surface area contributed by atoms with E-state index in [2.05, 4.69) is 23.8 Å². The van der Waals surface area contributed by atoms with E-state index in [0.29, 0.717) is 19.3 Å². The fraction of sp³-hybridized carbons (Fsp3) is 0.367. The van der Waals surface area contributed by atoms with E-state index >= 15 is 0 Å². The summed E-state index contributed by atoms with van der Waals surface area (Å²) in [5.41, 5.74) is 1.81. The Morgan fingerprint density at radius 3 is 2.11 bits per heavy atom. The van der Waals surface area contributed by atoms with E-state index in [9.17, 15) is 19.5 Å². The molecule has 7 heteroatoms. The second-order valence-electron chi connectivity index (χ2n) is 9.09. The van der Waals surface area contributed by atoms with Gasteiger partial charge in [-0.05, 0) is 37.3 Å². The van der Waals surface area contributed by atoms with Crippen LogP contribution in [-0.2, 0) is 25.5 Å². The van der Waals surface area contributed by atoms with E-state index in [1.807, 2.05) is 60.7 Å². The Balaban J connectivity index is 2.11.